The molecule has 0 radical (unpaired) electrons. The summed E-state index contributed by atoms with van der Waals surface area (Å²) in [7, 11) is 3.43. The van der Waals surface area contributed by atoms with Gasteiger partial charge in [-0.2, -0.15) is 5.10 Å². The van der Waals surface area contributed by atoms with Crippen LogP contribution in [0.5, 0.6) is 0 Å². The molecule has 1 unspecified atom stereocenters. The molecule has 1 aromatic heterocycles. The number of hydrogen-bond acceptors (Lipinski definition) is 3. The molecule has 0 aliphatic heterocycles. The van der Waals surface area contributed by atoms with Gasteiger partial charge in [0.25, 0.3) is 0 Å². The third-order valence-corrected chi connectivity index (χ3v) is 3.56. The molecule has 1 heterocycles. The van der Waals surface area contributed by atoms with Gasteiger partial charge in [0.1, 0.15) is 0 Å². The summed E-state index contributed by atoms with van der Waals surface area (Å²) in [6.45, 7) is 0.383. The molecule has 1 N–H and O–H groups in total. The fourth-order valence-electron chi connectivity index (χ4n) is 2.15. The maximum atomic E-state index is 12.2. The molecule has 1 aromatic carbocycles. The van der Waals surface area contributed by atoms with E-state index in [1.807, 2.05) is 31.3 Å². The van der Waals surface area contributed by atoms with Gasteiger partial charge >= 0.3 is 0 Å². The molecule has 0 saturated heterocycles. The maximum absolute atomic E-state index is 12.2. The molecule has 2 rings (SSSR count). The predicted octanol–water partition coefficient (Wildman–Crippen LogP) is 2.12. The largest absolute Gasteiger partial charge is 0.382 e. The van der Waals surface area contributed by atoms with E-state index in [1.54, 1.807) is 24.1 Å². The summed E-state index contributed by atoms with van der Waals surface area (Å²) in [6, 6.07) is 8.95. The second-order valence-electron chi connectivity index (χ2n) is 4.72. The first-order valence-electron chi connectivity index (χ1n) is 6.61. The van der Waals surface area contributed by atoms with Crippen molar-refractivity contribution in [2.24, 2.45) is 7.05 Å². The van der Waals surface area contributed by atoms with Crippen molar-refractivity contribution in [3.63, 3.8) is 0 Å². The molecule has 0 spiro atoms. The van der Waals surface area contributed by atoms with Crippen LogP contribution >= 0.6 is 11.6 Å². The molecule has 0 fully saturated rings. The first kappa shape index (κ1) is 15.5. The van der Waals surface area contributed by atoms with Crippen LogP contribution in [0.3, 0.4) is 0 Å². The van der Waals surface area contributed by atoms with Gasteiger partial charge in [-0.05, 0) is 17.7 Å². The van der Waals surface area contributed by atoms with Gasteiger partial charge in [-0.15, -0.1) is 0 Å². The Hall–Kier alpha value is -1.85. The number of rotatable bonds is 6. The van der Waals surface area contributed by atoms with Gasteiger partial charge in [-0.25, -0.2) is 0 Å². The number of nitrogens with one attached hydrogen (secondary N) is 1. The van der Waals surface area contributed by atoms with Gasteiger partial charge in [0.15, 0.2) is 0 Å². The van der Waals surface area contributed by atoms with Crippen molar-refractivity contribution in [1.82, 2.24) is 15.1 Å². The summed E-state index contributed by atoms with van der Waals surface area (Å²) in [5, 5.41) is 7.66. The lowest BCUT2D eigenvalue weighted by atomic mass is 10.1. The van der Waals surface area contributed by atoms with Gasteiger partial charge < -0.3 is 10.1 Å². The van der Waals surface area contributed by atoms with Gasteiger partial charge in [-0.1, -0.05) is 29.8 Å². The van der Waals surface area contributed by atoms with E-state index in [0.29, 0.717) is 11.6 Å². The Morgan fingerprint density at radius 3 is 2.81 bits per heavy atom. The molecule has 21 heavy (non-hydrogen) atoms. The van der Waals surface area contributed by atoms with Crippen molar-refractivity contribution >= 4 is 17.5 Å². The number of carbonyl (C=O) groups is 1. The number of benzene rings is 1. The molecular weight excluding hydrogens is 290 g/mol. The first-order chi connectivity index (χ1) is 10.1. The summed E-state index contributed by atoms with van der Waals surface area (Å²) >= 11 is 6.07. The minimum Gasteiger partial charge on any atom is -0.382 e. The zero-order valence-electron chi connectivity index (χ0n) is 12.0. The number of nitrogens with zero attached hydrogens (tertiary/aromatic N) is 2. The van der Waals surface area contributed by atoms with E-state index >= 15 is 0 Å². The standard InChI is InChI=1S/C15H18ClN3O2/c1-19-14(7-8-17-19)13(10-21-2)18-15(20)9-11-5-3-4-6-12(11)16/h3-8,13H,9-10H2,1-2H3,(H,18,20). The molecule has 112 valence electrons. The molecule has 1 amide bonds. The predicted molar refractivity (Wildman–Crippen MR) is 81.1 cm³/mol. The fraction of sp³-hybridized carbons (Fsp3) is 0.333. The maximum Gasteiger partial charge on any atom is 0.225 e. The van der Waals surface area contributed by atoms with Gasteiger partial charge in [0.2, 0.25) is 5.91 Å². The lowest BCUT2D eigenvalue weighted by Crippen LogP contribution is -2.33. The summed E-state index contributed by atoms with van der Waals surface area (Å²) in [5.74, 6) is -0.105. The zero-order valence-corrected chi connectivity index (χ0v) is 12.8. The summed E-state index contributed by atoms with van der Waals surface area (Å²) in [6.07, 6.45) is 1.93. The van der Waals surface area contributed by atoms with E-state index in [2.05, 4.69) is 10.4 Å². The number of halogens is 1. The van der Waals surface area contributed by atoms with Crippen molar-refractivity contribution in [2.75, 3.05) is 13.7 Å². The number of ether oxygens (including phenoxy) is 1. The third kappa shape index (κ3) is 4.06. The van der Waals surface area contributed by atoms with Crippen LogP contribution in [0.15, 0.2) is 36.5 Å². The molecule has 0 aliphatic rings. The van der Waals surface area contributed by atoms with Crippen molar-refractivity contribution < 1.29 is 9.53 Å². The van der Waals surface area contributed by atoms with Gasteiger partial charge in [0, 0.05) is 25.4 Å². The number of amides is 1. The SMILES string of the molecule is COCC(NC(=O)Cc1ccccc1Cl)c1ccnn1C. The Balaban J connectivity index is 2.05. The van der Waals surface area contributed by atoms with Crippen LogP contribution < -0.4 is 5.32 Å². The van der Waals surface area contributed by atoms with Crippen LogP contribution in [0.25, 0.3) is 0 Å². The van der Waals surface area contributed by atoms with E-state index in [0.717, 1.165) is 11.3 Å². The second-order valence-corrected chi connectivity index (χ2v) is 5.13. The average Bonchev–Trinajstić information content (AvgIpc) is 2.87. The summed E-state index contributed by atoms with van der Waals surface area (Å²) < 4.78 is 6.90. The zero-order chi connectivity index (χ0) is 15.2. The quantitative estimate of drug-likeness (QED) is 0.889. The highest BCUT2D eigenvalue weighted by molar-refractivity contribution is 6.31. The van der Waals surface area contributed by atoms with Crippen LogP contribution in [0.4, 0.5) is 0 Å². The number of aromatic nitrogens is 2. The Labute approximate surface area is 128 Å². The van der Waals surface area contributed by atoms with Gasteiger partial charge in [0.05, 0.1) is 24.8 Å². The van der Waals surface area contributed by atoms with Crippen molar-refractivity contribution in [2.45, 2.75) is 12.5 Å². The highest BCUT2D eigenvalue weighted by Gasteiger charge is 2.18. The van der Waals surface area contributed by atoms with E-state index < -0.39 is 0 Å². The Morgan fingerprint density at radius 1 is 1.43 bits per heavy atom. The molecule has 0 aliphatic carbocycles. The monoisotopic (exact) mass is 307 g/mol. The Kier molecular flexibility index (Phi) is 5.36. The Morgan fingerprint density at radius 2 is 2.19 bits per heavy atom. The minimum atomic E-state index is -0.238. The van der Waals surface area contributed by atoms with E-state index in [4.69, 9.17) is 16.3 Å². The van der Waals surface area contributed by atoms with Crippen LogP contribution in [0.2, 0.25) is 5.02 Å². The van der Waals surface area contributed by atoms with Crippen LogP contribution in [0.1, 0.15) is 17.3 Å². The minimum absolute atomic E-state index is 0.105. The average molecular weight is 308 g/mol. The highest BCUT2D eigenvalue weighted by Crippen LogP contribution is 2.17. The lowest BCUT2D eigenvalue weighted by Gasteiger charge is -2.18. The van der Waals surface area contributed by atoms with Crippen molar-refractivity contribution in [3.8, 4) is 0 Å². The van der Waals surface area contributed by atoms with E-state index in [-0.39, 0.29) is 18.4 Å². The van der Waals surface area contributed by atoms with Crippen molar-refractivity contribution in [1.29, 1.82) is 0 Å². The normalized spacial score (nSPS) is 12.1. The first-order valence-corrected chi connectivity index (χ1v) is 6.99. The molecular formula is C15H18ClN3O2. The number of methoxy groups -OCH3 is 1. The van der Waals surface area contributed by atoms with E-state index in [1.165, 1.54) is 0 Å². The van der Waals surface area contributed by atoms with E-state index in [9.17, 15) is 4.79 Å². The van der Waals surface area contributed by atoms with Crippen LogP contribution in [0, 0.1) is 0 Å². The second kappa shape index (κ2) is 7.24. The third-order valence-electron chi connectivity index (χ3n) is 3.19. The molecule has 5 nitrogen and oxygen atoms in total. The number of aryl methyl sites for hydroxylation is 1. The van der Waals surface area contributed by atoms with Crippen LogP contribution in [-0.2, 0) is 23.0 Å². The van der Waals surface area contributed by atoms with Crippen LogP contribution in [-0.4, -0.2) is 29.4 Å². The topological polar surface area (TPSA) is 56.1 Å². The number of hydrogen-bond donors (Lipinski definition) is 1. The smallest absolute Gasteiger partial charge is 0.225 e. The highest BCUT2D eigenvalue weighted by atomic mass is 35.5. The lowest BCUT2D eigenvalue weighted by molar-refractivity contribution is -0.121. The van der Waals surface area contributed by atoms with Gasteiger partial charge in [-0.3, -0.25) is 9.48 Å². The van der Waals surface area contributed by atoms with Crippen molar-refractivity contribution in [3.05, 3.63) is 52.8 Å². The fourth-order valence-corrected chi connectivity index (χ4v) is 2.36. The Bertz CT molecular complexity index is 612. The molecule has 0 saturated carbocycles. The molecule has 1 atom stereocenters. The summed E-state index contributed by atoms with van der Waals surface area (Å²) in [5.41, 5.74) is 1.70. The summed E-state index contributed by atoms with van der Waals surface area (Å²) in [4.78, 5) is 12.2. The molecule has 0 bridgehead atoms. The molecule has 2 aromatic rings. The molecule has 6 heteroatoms. The number of carbonyl (C=O) groups excluding carboxylic acids is 1.